The Kier molecular flexibility index (Phi) is 5.26. The number of imide groups is 1. The summed E-state index contributed by atoms with van der Waals surface area (Å²) in [5, 5.41) is 13.4. The van der Waals surface area contributed by atoms with Gasteiger partial charge in [-0.2, -0.15) is 0 Å². The molecule has 0 aliphatic carbocycles. The van der Waals surface area contributed by atoms with Gasteiger partial charge in [-0.05, 0) is 30.7 Å². The van der Waals surface area contributed by atoms with Crippen LogP contribution in [0.5, 0.6) is 0 Å². The number of benzene rings is 1. The lowest BCUT2D eigenvalue weighted by atomic mass is 10.1. The van der Waals surface area contributed by atoms with Crippen molar-refractivity contribution < 1.29 is 19.3 Å². The predicted octanol–water partition coefficient (Wildman–Crippen LogP) is 2.77. The van der Waals surface area contributed by atoms with Gasteiger partial charge >= 0.3 is 5.69 Å². The number of nitrogens with one attached hydrogen (secondary N) is 1. The summed E-state index contributed by atoms with van der Waals surface area (Å²) in [6.45, 7) is 0.0792. The van der Waals surface area contributed by atoms with E-state index in [1.165, 1.54) is 12.3 Å². The molecule has 0 saturated carbocycles. The molecule has 0 bridgehead atoms. The van der Waals surface area contributed by atoms with Gasteiger partial charge in [-0.3, -0.25) is 34.4 Å². The molecule has 9 nitrogen and oxygen atoms in total. The molecule has 3 amide bonds. The third-order valence-corrected chi connectivity index (χ3v) is 4.48. The second-order valence-corrected chi connectivity index (χ2v) is 6.67. The van der Waals surface area contributed by atoms with E-state index in [9.17, 15) is 24.5 Å². The van der Waals surface area contributed by atoms with Crippen molar-refractivity contribution in [1.82, 2.24) is 9.88 Å². The second-order valence-electron chi connectivity index (χ2n) is 5.75. The zero-order valence-electron chi connectivity index (χ0n) is 13.8. The Morgan fingerprint density at radius 2 is 1.96 bits per heavy atom. The molecule has 1 aliphatic rings. The van der Waals surface area contributed by atoms with Crippen molar-refractivity contribution >= 4 is 45.0 Å². The van der Waals surface area contributed by atoms with E-state index >= 15 is 0 Å². The first kappa shape index (κ1) is 18.6. The molecule has 1 aromatic carbocycles. The number of carbonyl (C=O) groups is 3. The minimum atomic E-state index is -0.639. The van der Waals surface area contributed by atoms with Crippen molar-refractivity contribution in [2.45, 2.75) is 12.8 Å². The van der Waals surface area contributed by atoms with Crippen molar-refractivity contribution in [2.75, 3.05) is 11.9 Å². The quantitative estimate of drug-likeness (QED) is 0.425. The molecule has 0 spiro atoms. The zero-order chi connectivity index (χ0) is 19.6. The number of halogens is 1. The van der Waals surface area contributed by atoms with Crippen LogP contribution in [0.4, 0.5) is 11.4 Å². The summed E-state index contributed by atoms with van der Waals surface area (Å²) in [6.07, 6.45) is 2.61. The highest BCUT2D eigenvalue weighted by molar-refractivity contribution is 9.10. The van der Waals surface area contributed by atoms with Crippen LogP contribution in [-0.4, -0.2) is 39.1 Å². The van der Waals surface area contributed by atoms with Crippen molar-refractivity contribution in [3.63, 3.8) is 0 Å². The largest absolute Gasteiger partial charge is 0.320 e. The molecule has 1 aliphatic heterocycles. The summed E-state index contributed by atoms with van der Waals surface area (Å²) < 4.78 is 0.697. The summed E-state index contributed by atoms with van der Waals surface area (Å²) in [5.41, 5.74) is 0.397. The minimum Gasteiger partial charge on any atom is -0.320 e. The van der Waals surface area contributed by atoms with E-state index in [1.807, 2.05) is 0 Å². The first-order valence-corrected chi connectivity index (χ1v) is 8.72. The van der Waals surface area contributed by atoms with Crippen molar-refractivity contribution in [1.29, 1.82) is 0 Å². The second kappa shape index (κ2) is 7.62. The van der Waals surface area contributed by atoms with Crippen LogP contribution in [0.2, 0.25) is 0 Å². The summed E-state index contributed by atoms with van der Waals surface area (Å²) in [7, 11) is 0. The van der Waals surface area contributed by atoms with Crippen LogP contribution in [0.15, 0.2) is 41.1 Å². The van der Waals surface area contributed by atoms with Crippen molar-refractivity contribution in [3.05, 3.63) is 62.4 Å². The number of hydrogen-bond donors (Lipinski definition) is 1. The number of amides is 3. The molecule has 3 rings (SSSR count). The first-order valence-electron chi connectivity index (χ1n) is 7.92. The molecule has 138 valence electrons. The van der Waals surface area contributed by atoms with Gasteiger partial charge in [0.2, 0.25) is 5.91 Å². The van der Waals surface area contributed by atoms with E-state index in [0.29, 0.717) is 15.6 Å². The standard InChI is InChI=1S/C17H13BrN4O5/c18-10-3-4-11-12(8-10)17(25)21(16(11)24)7-1-2-15(23)20-13-5-6-19-9-14(13)22(26)27/h3-6,8-9H,1-2,7H2,(H,19,20,23). The highest BCUT2D eigenvalue weighted by Gasteiger charge is 2.35. The molecule has 0 atom stereocenters. The lowest BCUT2D eigenvalue weighted by molar-refractivity contribution is -0.384. The maximum absolute atomic E-state index is 12.3. The fraction of sp³-hybridized carbons (Fsp3) is 0.176. The van der Waals surface area contributed by atoms with E-state index in [-0.39, 0.29) is 30.8 Å². The highest BCUT2D eigenvalue weighted by atomic mass is 79.9. The maximum Gasteiger partial charge on any atom is 0.310 e. The topological polar surface area (TPSA) is 123 Å². The molecule has 1 N–H and O–H groups in total. The monoisotopic (exact) mass is 432 g/mol. The number of hydrogen-bond acceptors (Lipinski definition) is 6. The van der Waals surface area contributed by atoms with E-state index in [2.05, 4.69) is 26.2 Å². The number of anilines is 1. The average Bonchev–Trinajstić information content (AvgIpc) is 2.86. The predicted molar refractivity (Wildman–Crippen MR) is 98.3 cm³/mol. The summed E-state index contributed by atoms with van der Waals surface area (Å²) in [5.74, 6) is -1.25. The Morgan fingerprint density at radius 3 is 2.70 bits per heavy atom. The smallest absolute Gasteiger partial charge is 0.310 e. The lowest BCUT2D eigenvalue weighted by Gasteiger charge is -2.13. The van der Waals surface area contributed by atoms with Gasteiger partial charge in [0.05, 0.1) is 16.1 Å². The molecule has 0 fully saturated rings. The number of pyridine rings is 1. The van der Waals surface area contributed by atoms with Crippen LogP contribution < -0.4 is 5.32 Å². The SMILES string of the molecule is O=C(CCCN1C(=O)c2ccc(Br)cc2C1=O)Nc1ccncc1[N+](=O)[O-]. The van der Waals surface area contributed by atoms with Crippen LogP contribution in [0.3, 0.4) is 0 Å². The third kappa shape index (κ3) is 3.85. The van der Waals surface area contributed by atoms with Gasteiger partial charge in [0, 0.05) is 23.6 Å². The van der Waals surface area contributed by atoms with Gasteiger partial charge in [-0.15, -0.1) is 0 Å². The van der Waals surface area contributed by atoms with E-state index in [0.717, 1.165) is 11.1 Å². The molecular weight excluding hydrogens is 420 g/mol. The number of nitro groups is 1. The van der Waals surface area contributed by atoms with Gasteiger partial charge in [0.15, 0.2) is 0 Å². The molecule has 0 radical (unpaired) electrons. The molecule has 27 heavy (non-hydrogen) atoms. The van der Waals surface area contributed by atoms with E-state index < -0.39 is 22.6 Å². The summed E-state index contributed by atoms with van der Waals surface area (Å²) in [4.78, 5) is 51.7. The Balaban J connectivity index is 1.58. The average molecular weight is 433 g/mol. The molecule has 0 unspecified atom stereocenters. The fourth-order valence-electron chi connectivity index (χ4n) is 2.71. The Morgan fingerprint density at radius 1 is 1.22 bits per heavy atom. The maximum atomic E-state index is 12.3. The van der Waals surface area contributed by atoms with Crippen LogP contribution in [0.1, 0.15) is 33.6 Å². The molecule has 2 aromatic rings. The number of rotatable bonds is 6. The lowest BCUT2D eigenvalue weighted by Crippen LogP contribution is -2.31. The normalized spacial score (nSPS) is 12.9. The van der Waals surface area contributed by atoms with Crippen molar-refractivity contribution in [2.24, 2.45) is 0 Å². The van der Waals surface area contributed by atoms with Gasteiger partial charge in [0.25, 0.3) is 11.8 Å². The van der Waals surface area contributed by atoms with E-state index in [1.54, 1.807) is 18.2 Å². The van der Waals surface area contributed by atoms with Crippen LogP contribution in [0.25, 0.3) is 0 Å². The summed E-state index contributed by atoms with van der Waals surface area (Å²) in [6, 6.07) is 6.18. The zero-order valence-corrected chi connectivity index (χ0v) is 15.4. The van der Waals surface area contributed by atoms with Gasteiger partial charge < -0.3 is 5.32 Å². The summed E-state index contributed by atoms with van der Waals surface area (Å²) >= 11 is 3.26. The van der Waals surface area contributed by atoms with Crippen LogP contribution in [0, 0.1) is 10.1 Å². The van der Waals surface area contributed by atoms with Crippen LogP contribution >= 0.6 is 15.9 Å². The van der Waals surface area contributed by atoms with E-state index in [4.69, 9.17) is 0 Å². The minimum absolute atomic E-state index is 0.00340. The number of nitrogens with zero attached hydrogens (tertiary/aromatic N) is 3. The van der Waals surface area contributed by atoms with Gasteiger partial charge in [-0.1, -0.05) is 15.9 Å². The Labute approximate surface area is 161 Å². The molecular formula is C17H13BrN4O5. The number of aromatic nitrogens is 1. The first-order chi connectivity index (χ1) is 12.9. The van der Waals surface area contributed by atoms with Crippen molar-refractivity contribution in [3.8, 4) is 0 Å². The molecule has 0 saturated heterocycles. The van der Waals surface area contributed by atoms with Crippen LogP contribution in [-0.2, 0) is 4.79 Å². The highest BCUT2D eigenvalue weighted by Crippen LogP contribution is 2.26. The fourth-order valence-corrected chi connectivity index (χ4v) is 3.07. The molecule has 10 heteroatoms. The Hall–Kier alpha value is -3.14. The number of carbonyl (C=O) groups excluding carboxylic acids is 3. The number of fused-ring (bicyclic) bond motifs is 1. The molecule has 1 aromatic heterocycles. The van der Waals surface area contributed by atoms with Gasteiger partial charge in [-0.25, -0.2) is 0 Å². The Bertz CT molecular complexity index is 962. The molecule has 2 heterocycles. The van der Waals surface area contributed by atoms with Gasteiger partial charge in [0.1, 0.15) is 11.9 Å². The third-order valence-electron chi connectivity index (χ3n) is 3.99.